The molecule has 0 radical (unpaired) electrons. The predicted molar refractivity (Wildman–Crippen MR) is 63.7 cm³/mol. The average molecular weight is 326 g/mol. The zero-order valence-electron chi connectivity index (χ0n) is 10.4. The van der Waals surface area contributed by atoms with E-state index < -0.39 is 40.4 Å². The van der Waals surface area contributed by atoms with Gasteiger partial charge in [-0.15, -0.1) is 0 Å². The Balaban J connectivity index is 2.34. The summed E-state index contributed by atoms with van der Waals surface area (Å²) in [5, 5.41) is 0. The molecule has 1 saturated heterocycles. The van der Waals surface area contributed by atoms with E-state index in [2.05, 4.69) is 0 Å². The van der Waals surface area contributed by atoms with Gasteiger partial charge in [0.2, 0.25) is 0 Å². The molecule has 1 atom stereocenters. The topological polar surface area (TPSA) is 66.5 Å². The van der Waals surface area contributed by atoms with Crippen molar-refractivity contribution in [2.45, 2.75) is 18.8 Å². The second-order valence-corrected chi connectivity index (χ2v) is 6.16. The zero-order chi connectivity index (χ0) is 15.8. The molecule has 1 N–H and O–H groups in total. The van der Waals surface area contributed by atoms with Crippen molar-refractivity contribution in [1.29, 1.82) is 0 Å². The number of rotatable bonds is 3. The van der Waals surface area contributed by atoms with Crippen molar-refractivity contribution in [3.05, 3.63) is 35.1 Å². The molecule has 0 amide bonds. The van der Waals surface area contributed by atoms with Crippen LogP contribution in [0.1, 0.15) is 11.1 Å². The van der Waals surface area contributed by atoms with Gasteiger partial charge in [0.1, 0.15) is 12.1 Å². The summed E-state index contributed by atoms with van der Waals surface area (Å²) in [5.74, 6) is -1.07. The highest BCUT2D eigenvalue weighted by Gasteiger charge is 2.38. The Bertz CT molecular complexity index is 660. The van der Waals surface area contributed by atoms with Gasteiger partial charge in [0.15, 0.2) is 0 Å². The van der Waals surface area contributed by atoms with Crippen LogP contribution in [0.4, 0.5) is 17.6 Å². The van der Waals surface area contributed by atoms with Crippen LogP contribution in [0.2, 0.25) is 0 Å². The summed E-state index contributed by atoms with van der Waals surface area (Å²) in [6.45, 7) is -0.880. The van der Waals surface area contributed by atoms with Gasteiger partial charge in [0.05, 0.1) is 11.6 Å². The van der Waals surface area contributed by atoms with E-state index in [0.717, 1.165) is 12.1 Å². The molecule has 0 bridgehead atoms. The van der Waals surface area contributed by atoms with Crippen molar-refractivity contribution in [3.8, 4) is 0 Å². The second kappa shape index (κ2) is 5.35. The Kier molecular flexibility index (Phi) is 4.04. The normalized spacial score (nSPS) is 22.4. The molecule has 0 aliphatic carbocycles. The predicted octanol–water partition coefficient (Wildman–Crippen LogP) is 1.06. The van der Waals surface area contributed by atoms with Crippen LogP contribution in [0.3, 0.4) is 0 Å². The quantitative estimate of drug-likeness (QED) is 0.667. The lowest BCUT2D eigenvalue weighted by Crippen LogP contribution is -2.30. The summed E-state index contributed by atoms with van der Waals surface area (Å²) >= 11 is 0. The number of carbonyl (C=O) groups is 1. The van der Waals surface area contributed by atoms with Crippen molar-refractivity contribution in [2.24, 2.45) is 0 Å². The van der Waals surface area contributed by atoms with Gasteiger partial charge in [0, 0.05) is 13.1 Å². The van der Waals surface area contributed by atoms with Crippen LogP contribution in [-0.4, -0.2) is 31.6 Å². The number of carbonyl (C=O) groups excluding carboxylic acids is 1. The second-order valence-electron chi connectivity index (χ2n) is 4.46. The molecule has 0 spiro atoms. The van der Waals surface area contributed by atoms with Crippen LogP contribution < -0.4 is 4.72 Å². The van der Waals surface area contributed by atoms with Crippen LogP contribution >= 0.6 is 0 Å². The third-order valence-corrected chi connectivity index (χ3v) is 4.49. The Morgan fingerprint density at radius 2 is 2.05 bits per heavy atom. The molecule has 1 heterocycles. The minimum absolute atomic E-state index is 0.277. The molecule has 2 rings (SSSR count). The maximum Gasteiger partial charge on any atom is 0.416 e. The first-order chi connectivity index (χ1) is 9.63. The fourth-order valence-corrected chi connectivity index (χ4v) is 3.31. The van der Waals surface area contributed by atoms with Gasteiger partial charge in [-0.25, -0.2) is 4.39 Å². The Labute approximate surface area is 117 Å². The molecule has 1 aromatic rings. The first kappa shape index (κ1) is 15.9. The van der Waals surface area contributed by atoms with Crippen LogP contribution in [0, 0.1) is 5.82 Å². The zero-order valence-corrected chi connectivity index (χ0v) is 11.2. The minimum atomic E-state index is -4.81. The van der Waals surface area contributed by atoms with Crippen LogP contribution in [0.15, 0.2) is 18.2 Å². The van der Waals surface area contributed by atoms with E-state index in [9.17, 15) is 30.8 Å². The fourth-order valence-electron chi connectivity index (χ4n) is 1.98. The van der Waals surface area contributed by atoms with E-state index in [1.165, 1.54) is 0 Å². The molecule has 0 aromatic heterocycles. The Morgan fingerprint density at radius 3 is 2.57 bits per heavy atom. The maximum absolute atomic E-state index is 13.0. The van der Waals surface area contributed by atoms with Gasteiger partial charge in [-0.2, -0.15) is 30.6 Å². The minimum Gasteiger partial charge on any atom is -0.302 e. The van der Waals surface area contributed by atoms with Gasteiger partial charge in [-0.1, -0.05) is 6.07 Å². The molecule has 1 fully saturated rings. The van der Waals surface area contributed by atoms with Crippen molar-refractivity contribution in [1.82, 2.24) is 9.03 Å². The lowest BCUT2D eigenvalue weighted by Gasteiger charge is -2.17. The number of nitrogens with one attached hydrogen (secondary N) is 1. The molecule has 21 heavy (non-hydrogen) atoms. The monoisotopic (exact) mass is 326 g/mol. The molecule has 1 unspecified atom stereocenters. The molecular weight excluding hydrogens is 316 g/mol. The molecule has 0 saturated carbocycles. The smallest absolute Gasteiger partial charge is 0.302 e. The lowest BCUT2D eigenvalue weighted by atomic mass is 10.1. The summed E-state index contributed by atoms with van der Waals surface area (Å²) in [4.78, 5) is 10.6. The van der Waals surface area contributed by atoms with Crippen molar-refractivity contribution in [2.75, 3.05) is 6.54 Å². The molecule has 10 heteroatoms. The van der Waals surface area contributed by atoms with Gasteiger partial charge in [-0.05, 0) is 17.7 Å². The molecular formula is C11H10F4N2O3S. The van der Waals surface area contributed by atoms with E-state index in [0.29, 0.717) is 16.7 Å². The van der Waals surface area contributed by atoms with Crippen LogP contribution in [0.5, 0.6) is 0 Å². The number of benzene rings is 1. The molecule has 1 aliphatic rings. The van der Waals surface area contributed by atoms with Gasteiger partial charge < -0.3 is 4.79 Å². The highest BCUT2D eigenvalue weighted by Crippen LogP contribution is 2.33. The van der Waals surface area contributed by atoms with E-state index in [4.69, 9.17) is 0 Å². The summed E-state index contributed by atoms with van der Waals surface area (Å²) in [7, 11) is -4.03. The van der Waals surface area contributed by atoms with E-state index in [-0.39, 0.29) is 12.1 Å². The summed E-state index contributed by atoms with van der Waals surface area (Å²) in [5.41, 5.74) is -1.63. The van der Waals surface area contributed by atoms with Crippen molar-refractivity contribution in [3.63, 3.8) is 0 Å². The summed E-state index contributed by atoms with van der Waals surface area (Å²) < 4.78 is 77.5. The first-order valence-corrected chi connectivity index (χ1v) is 7.16. The highest BCUT2D eigenvalue weighted by molar-refractivity contribution is 7.87. The van der Waals surface area contributed by atoms with Crippen molar-refractivity contribution >= 4 is 16.5 Å². The standard InChI is InChI=1S/C11H10F4N2O3S/c12-8-2-1-7(10(3-8)11(13,14)15)4-17-5-9(6-18)16-21(17,19)20/h1-3,6,9,16H,4-5H2. The average Bonchev–Trinajstić information content (AvgIpc) is 2.65. The van der Waals surface area contributed by atoms with Crippen LogP contribution in [0.25, 0.3) is 0 Å². The first-order valence-electron chi connectivity index (χ1n) is 5.72. The molecule has 116 valence electrons. The number of nitrogens with zero attached hydrogens (tertiary/aromatic N) is 1. The number of hydrogen-bond acceptors (Lipinski definition) is 3. The van der Waals surface area contributed by atoms with E-state index >= 15 is 0 Å². The third-order valence-electron chi connectivity index (χ3n) is 2.93. The third kappa shape index (κ3) is 3.39. The number of alkyl halides is 3. The number of halogens is 4. The molecule has 1 aliphatic heterocycles. The Morgan fingerprint density at radius 1 is 1.38 bits per heavy atom. The van der Waals surface area contributed by atoms with E-state index in [1.807, 2.05) is 4.72 Å². The molecule has 1 aromatic carbocycles. The number of aldehydes is 1. The lowest BCUT2D eigenvalue weighted by molar-refractivity contribution is -0.138. The highest BCUT2D eigenvalue weighted by atomic mass is 32.2. The summed E-state index contributed by atoms with van der Waals surface area (Å²) in [6.07, 6.45) is -4.45. The summed E-state index contributed by atoms with van der Waals surface area (Å²) in [6, 6.07) is 0.993. The largest absolute Gasteiger partial charge is 0.416 e. The van der Waals surface area contributed by atoms with Gasteiger partial charge in [-0.3, -0.25) is 0 Å². The van der Waals surface area contributed by atoms with E-state index in [1.54, 1.807) is 0 Å². The Hall–Kier alpha value is -1.52. The fraction of sp³-hybridized carbons (Fsp3) is 0.364. The van der Waals surface area contributed by atoms with Gasteiger partial charge >= 0.3 is 6.18 Å². The SMILES string of the molecule is O=CC1CN(Cc2ccc(F)cc2C(F)(F)F)S(=O)(=O)N1. The van der Waals surface area contributed by atoms with Gasteiger partial charge in [0.25, 0.3) is 10.2 Å². The number of hydrogen-bond donors (Lipinski definition) is 1. The maximum atomic E-state index is 13.0. The van der Waals surface area contributed by atoms with Crippen molar-refractivity contribution < 1.29 is 30.8 Å². The van der Waals surface area contributed by atoms with Crippen LogP contribution in [-0.2, 0) is 27.7 Å². The molecule has 5 nitrogen and oxygen atoms in total.